The molecular weight excluding hydrogens is 332 g/mol. The normalized spacial score (nSPS) is 22.8. The van der Waals surface area contributed by atoms with Crippen LogP contribution in [0.2, 0.25) is 0 Å². The van der Waals surface area contributed by atoms with Gasteiger partial charge in [0.05, 0.1) is 18.0 Å². The molecule has 2 atom stereocenters. The molecule has 0 bridgehead atoms. The number of nitrogens with zero attached hydrogens (tertiary/aromatic N) is 1. The number of ether oxygens (including phenoxy) is 3. The molecule has 1 aliphatic carbocycles. The van der Waals surface area contributed by atoms with Gasteiger partial charge in [-0.15, -0.1) is 0 Å². The van der Waals surface area contributed by atoms with Gasteiger partial charge in [0, 0.05) is 19.3 Å². The highest BCUT2D eigenvalue weighted by molar-refractivity contribution is 5.97. The van der Waals surface area contributed by atoms with Gasteiger partial charge in [0.15, 0.2) is 0 Å². The second-order valence-electron chi connectivity index (χ2n) is 6.91. The molecule has 1 saturated carbocycles. The highest BCUT2D eigenvalue weighted by Crippen LogP contribution is 2.36. The molecule has 0 aliphatic heterocycles. The van der Waals surface area contributed by atoms with Crippen LogP contribution >= 0.6 is 0 Å². The maximum atomic E-state index is 13.0. The van der Waals surface area contributed by atoms with Gasteiger partial charge in [0.25, 0.3) is 5.91 Å². The number of aromatic nitrogens is 1. The summed E-state index contributed by atoms with van der Waals surface area (Å²) < 4.78 is 16.8. The third-order valence-corrected chi connectivity index (χ3v) is 4.78. The third kappa shape index (κ3) is 5.42. The molecule has 6 heteroatoms. The lowest BCUT2D eigenvalue weighted by molar-refractivity contribution is -0.147. The Labute approximate surface area is 156 Å². The molecule has 1 amide bonds. The van der Waals surface area contributed by atoms with Gasteiger partial charge in [-0.25, -0.2) is 4.98 Å². The van der Waals surface area contributed by atoms with Crippen LogP contribution in [0.1, 0.15) is 52.1 Å². The van der Waals surface area contributed by atoms with Crippen molar-refractivity contribution in [3.63, 3.8) is 0 Å². The SMILES string of the molecule is CCOCCOc1ccc(NC(=O)[C@]2(OCC)CCC[C@H](C)C2)c(C)n1. The van der Waals surface area contributed by atoms with Crippen molar-refractivity contribution in [3.05, 3.63) is 17.8 Å². The minimum atomic E-state index is -0.731. The monoisotopic (exact) mass is 364 g/mol. The summed E-state index contributed by atoms with van der Waals surface area (Å²) in [5, 5.41) is 3.02. The lowest BCUT2D eigenvalue weighted by atomic mass is 9.78. The minimum Gasteiger partial charge on any atom is -0.475 e. The second-order valence-corrected chi connectivity index (χ2v) is 6.91. The second kappa shape index (κ2) is 9.88. The average Bonchev–Trinajstić information content (AvgIpc) is 2.61. The Kier molecular flexibility index (Phi) is 7.85. The zero-order valence-electron chi connectivity index (χ0n) is 16.5. The van der Waals surface area contributed by atoms with E-state index in [0.717, 1.165) is 31.4 Å². The molecule has 1 heterocycles. The van der Waals surface area contributed by atoms with Crippen LogP contribution in [-0.4, -0.2) is 42.9 Å². The molecule has 0 saturated heterocycles. The Morgan fingerprint density at radius 1 is 1.31 bits per heavy atom. The minimum absolute atomic E-state index is 0.0687. The van der Waals surface area contributed by atoms with Crippen LogP contribution < -0.4 is 10.1 Å². The van der Waals surface area contributed by atoms with Crippen LogP contribution in [0.5, 0.6) is 5.88 Å². The fraction of sp³-hybridized carbons (Fsp3) is 0.700. The molecule has 26 heavy (non-hydrogen) atoms. The Hall–Kier alpha value is -1.66. The van der Waals surface area contributed by atoms with Crippen molar-refractivity contribution in [2.75, 3.05) is 31.7 Å². The maximum Gasteiger partial charge on any atom is 0.256 e. The molecule has 1 aromatic heterocycles. The lowest BCUT2D eigenvalue weighted by Crippen LogP contribution is -2.48. The zero-order valence-corrected chi connectivity index (χ0v) is 16.5. The molecule has 6 nitrogen and oxygen atoms in total. The number of pyridine rings is 1. The van der Waals surface area contributed by atoms with Gasteiger partial charge >= 0.3 is 0 Å². The Bertz CT molecular complexity index is 589. The van der Waals surface area contributed by atoms with Crippen molar-refractivity contribution < 1.29 is 19.0 Å². The first-order chi connectivity index (χ1) is 12.5. The lowest BCUT2D eigenvalue weighted by Gasteiger charge is -2.38. The quantitative estimate of drug-likeness (QED) is 0.676. The van der Waals surface area contributed by atoms with Gasteiger partial charge in [0.1, 0.15) is 12.2 Å². The van der Waals surface area contributed by atoms with Gasteiger partial charge in [-0.05, 0) is 52.0 Å². The summed E-state index contributed by atoms with van der Waals surface area (Å²) in [6.45, 7) is 10.1. The van der Waals surface area contributed by atoms with Gasteiger partial charge in [0.2, 0.25) is 5.88 Å². The first-order valence-electron chi connectivity index (χ1n) is 9.64. The average molecular weight is 364 g/mol. The first kappa shape index (κ1) is 20.6. The number of hydrogen-bond donors (Lipinski definition) is 1. The molecule has 1 aromatic rings. The Balaban J connectivity index is 2.03. The summed E-state index contributed by atoms with van der Waals surface area (Å²) >= 11 is 0. The summed E-state index contributed by atoms with van der Waals surface area (Å²) in [6, 6.07) is 3.60. The highest BCUT2D eigenvalue weighted by atomic mass is 16.5. The predicted molar refractivity (Wildman–Crippen MR) is 102 cm³/mol. The van der Waals surface area contributed by atoms with E-state index in [-0.39, 0.29) is 5.91 Å². The van der Waals surface area contributed by atoms with Crippen molar-refractivity contribution >= 4 is 11.6 Å². The van der Waals surface area contributed by atoms with Gasteiger partial charge in [-0.3, -0.25) is 4.79 Å². The van der Waals surface area contributed by atoms with Gasteiger partial charge in [-0.1, -0.05) is 13.3 Å². The Morgan fingerprint density at radius 2 is 2.12 bits per heavy atom. The van der Waals surface area contributed by atoms with E-state index in [1.54, 1.807) is 6.07 Å². The smallest absolute Gasteiger partial charge is 0.256 e. The fourth-order valence-electron chi connectivity index (χ4n) is 3.52. The molecule has 1 aliphatic rings. The summed E-state index contributed by atoms with van der Waals surface area (Å²) in [7, 11) is 0. The number of carbonyl (C=O) groups is 1. The van der Waals surface area contributed by atoms with E-state index in [1.807, 2.05) is 26.8 Å². The number of amides is 1. The number of nitrogens with one attached hydrogen (secondary N) is 1. The molecule has 1 N–H and O–H groups in total. The van der Waals surface area contributed by atoms with E-state index >= 15 is 0 Å². The van der Waals surface area contributed by atoms with Crippen LogP contribution in [-0.2, 0) is 14.3 Å². The molecule has 2 rings (SSSR count). The summed E-state index contributed by atoms with van der Waals surface area (Å²) in [6.07, 6.45) is 3.69. The molecule has 0 unspecified atom stereocenters. The van der Waals surface area contributed by atoms with Crippen molar-refractivity contribution in [2.24, 2.45) is 5.92 Å². The molecule has 0 aromatic carbocycles. The zero-order chi connectivity index (χ0) is 19.0. The van der Waals surface area contributed by atoms with E-state index in [2.05, 4.69) is 17.2 Å². The molecule has 0 spiro atoms. The standard InChI is InChI=1S/C20H32N2O4/c1-5-24-12-13-25-18-10-9-17(16(4)21-18)22-19(23)20(26-6-2)11-7-8-15(3)14-20/h9-10,15H,5-8,11-14H2,1-4H3,(H,22,23)/t15-,20-/m0/s1. The van der Waals surface area contributed by atoms with Crippen molar-refractivity contribution in [1.82, 2.24) is 4.98 Å². The van der Waals surface area contributed by atoms with Gasteiger partial charge < -0.3 is 19.5 Å². The van der Waals surface area contributed by atoms with E-state index in [9.17, 15) is 4.79 Å². The number of carbonyl (C=O) groups excluding carboxylic acids is 1. The maximum absolute atomic E-state index is 13.0. The van der Waals surface area contributed by atoms with Crippen molar-refractivity contribution in [3.8, 4) is 5.88 Å². The Morgan fingerprint density at radius 3 is 2.77 bits per heavy atom. The number of hydrogen-bond acceptors (Lipinski definition) is 5. The van der Waals surface area contributed by atoms with Crippen LogP contribution in [0.3, 0.4) is 0 Å². The van der Waals surface area contributed by atoms with Crippen molar-refractivity contribution in [2.45, 2.75) is 59.0 Å². The van der Waals surface area contributed by atoms with E-state index in [0.29, 0.717) is 43.9 Å². The van der Waals surface area contributed by atoms with Crippen LogP contribution in [0, 0.1) is 12.8 Å². The number of aryl methyl sites for hydroxylation is 1. The van der Waals surface area contributed by atoms with E-state index < -0.39 is 5.60 Å². The fourth-order valence-corrected chi connectivity index (χ4v) is 3.52. The largest absolute Gasteiger partial charge is 0.475 e. The summed E-state index contributed by atoms with van der Waals surface area (Å²) in [5.74, 6) is 0.952. The summed E-state index contributed by atoms with van der Waals surface area (Å²) in [4.78, 5) is 17.4. The highest BCUT2D eigenvalue weighted by Gasteiger charge is 2.42. The van der Waals surface area contributed by atoms with Crippen molar-refractivity contribution in [1.29, 1.82) is 0 Å². The van der Waals surface area contributed by atoms with Crippen LogP contribution in [0.15, 0.2) is 12.1 Å². The molecule has 0 radical (unpaired) electrons. The molecule has 1 fully saturated rings. The number of rotatable bonds is 9. The topological polar surface area (TPSA) is 69.7 Å². The van der Waals surface area contributed by atoms with E-state index in [4.69, 9.17) is 14.2 Å². The predicted octanol–water partition coefficient (Wildman–Crippen LogP) is 3.73. The molecular formula is C20H32N2O4. The first-order valence-corrected chi connectivity index (χ1v) is 9.64. The molecule has 146 valence electrons. The van der Waals surface area contributed by atoms with Crippen LogP contribution in [0.25, 0.3) is 0 Å². The third-order valence-electron chi connectivity index (χ3n) is 4.78. The summed E-state index contributed by atoms with van der Waals surface area (Å²) in [5.41, 5.74) is 0.693. The number of anilines is 1. The van der Waals surface area contributed by atoms with Gasteiger partial charge in [-0.2, -0.15) is 0 Å². The van der Waals surface area contributed by atoms with E-state index in [1.165, 1.54) is 0 Å². The van der Waals surface area contributed by atoms with Crippen LogP contribution in [0.4, 0.5) is 5.69 Å².